The molecular weight excluding hydrogens is 194 g/mol. The minimum atomic E-state index is 1.14. The molecule has 1 nitrogen and oxygen atoms in total. The fourth-order valence-electron chi connectivity index (χ4n) is 2.57. The van der Waals surface area contributed by atoms with Crippen molar-refractivity contribution in [2.24, 2.45) is 0 Å². The number of rotatable bonds is 5. The molecule has 1 aromatic rings. The van der Waals surface area contributed by atoms with Crippen LogP contribution >= 0.6 is 0 Å². The quantitative estimate of drug-likeness (QED) is 0.747. The van der Waals surface area contributed by atoms with Gasteiger partial charge in [0.25, 0.3) is 0 Å². The van der Waals surface area contributed by atoms with Crippen LogP contribution in [0.25, 0.3) is 0 Å². The molecule has 1 heteroatoms. The van der Waals surface area contributed by atoms with Crippen LogP contribution in [0.1, 0.15) is 42.4 Å². The predicted octanol–water partition coefficient (Wildman–Crippen LogP) is 3.11. The molecule has 1 aliphatic carbocycles. The van der Waals surface area contributed by atoms with Gasteiger partial charge >= 0.3 is 0 Å². The van der Waals surface area contributed by atoms with Crippen molar-refractivity contribution in [3.63, 3.8) is 0 Å². The second-order valence-corrected chi connectivity index (χ2v) is 4.87. The number of hydrogen-bond acceptors (Lipinski definition) is 1. The average Bonchev–Trinajstić information content (AvgIpc) is 2.34. The Morgan fingerprint density at radius 2 is 1.88 bits per heavy atom. The van der Waals surface area contributed by atoms with Gasteiger partial charge in [0.2, 0.25) is 0 Å². The van der Waals surface area contributed by atoms with E-state index in [4.69, 9.17) is 0 Å². The molecule has 0 unspecified atom stereocenters. The molecule has 0 aromatic heterocycles. The van der Waals surface area contributed by atoms with Gasteiger partial charge in [-0.2, -0.15) is 0 Å². The molecule has 0 aliphatic heterocycles. The van der Waals surface area contributed by atoms with Crippen molar-refractivity contribution in [2.75, 3.05) is 13.6 Å². The molecule has 1 N–H and O–H groups in total. The van der Waals surface area contributed by atoms with Crippen LogP contribution in [-0.2, 0) is 19.3 Å². The van der Waals surface area contributed by atoms with Crippen LogP contribution in [0.3, 0.4) is 0 Å². The van der Waals surface area contributed by atoms with Gasteiger partial charge in [0.15, 0.2) is 0 Å². The molecule has 0 amide bonds. The molecule has 0 saturated heterocycles. The highest BCUT2D eigenvalue weighted by molar-refractivity contribution is 5.33. The van der Waals surface area contributed by atoms with Crippen LogP contribution in [0.2, 0.25) is 0 Å². The Bertz CT molecular complexity index is 330. The third-order valence-electron chi connectivity index (χ3n) is 3.56. The predicted molar refractivity (Wildman–Crippen MR) is 69.9 cm³/mol. The van der Waals surface area contributed by atoms with Gasteiger partial charge in [-0.15, -0.1) is 0 Å². The van der Waals surface area contributed by atoms with E-state index in [1.165, 1.54) is 50.5 Å². The molecule has 0 bridgehead atoms. The summed E-state index contributed by atoms with van der Waals surface area (Å²) in [6.07, 6.45) is 9.21. The summed E-state index contributed by atoms with van der Waals surface area (Å²) < 4.78 is 0. The van der Waals surface area contributed by atoms with Gasteiger partial charge in [-0.1, -0.05) is 18.2 Å². The topological polar surface area (TPSA) is 12.0 Å². The Morgan fingerprint density at radius 3 is 2.69 bits per heavy atom. The van der Waals surface area contributed by atoms with Crippen molar-refractivity contribution < 1.29 is 0 Å². The van der Waals surface area contributed by atoms with E-state index >= 15 is 0 Å². The van der Waals surface area contributed by atoms with Crippen LogP contribution in [0.4, 0.5) is 0 Å². The first-order chi connectivity index (χ1) is 7.90. The summed E-state index contributed by atoms with van der Waals surface area (Å²) in [5.41, 5.74) is 4.76. The van der Waals surface area contributed by atoms with E-state index in [0.29, 0.717) is 0 Å². The van der Waals surface area contributed by atoms with E-state index in [1.54, 1.807) is 11.1 Å². The molecular formula is C15H23N. The summed E-state index contributed by atoms with van der Waals surface area (Å²) in [4.78, 5) is 0. The monoisotopic (exact) mass is 217 g/mol. The van der Waals surface area contributed by atoms with Crippen molar-refractivity contribution in [2.45, 2.75) is 44.9 Å². The first kappa shape index (κ1) is 11.7. The maximum atomic E-state index is 3.20. The minimum absolute atomic E-state index is 1.14. The third-order valence-corrected chi connectivity index (χ3v) is 3.56. The van der Waals surface area contributed by atoms with Gasteiger partial charge < -0.3 is 5.32 Å². The van der Waals surface area contributed by atoms with Gasteiger partial charge in [0.05, 0.1) is 0 Å². The maximum absolute atomic E-state index is 3.20. The highest BCUT2D eigenvalue weighted by Crippen LogP contribution is 2.22. The summed E-state index contributed by atoms with van der Waals surface area (Å²) in [6.45, 7) is 1.14. The molecule has 0 spiro atoms. The lowest BCUT2D eigenvalue weighted by atomic mass is 9.89. The van der Waals surface area contributed by atoms with Crippen molar-refractivity contribution in [3.05, 3.63) is 34.9 Å². The number of nitrogens with one attached hydrogen (secondary N) is 1. The van der Waals surface area contributed by atoms with Crippen LogP contribution in [0.15, 0.2) is 18.2 Å². The van der Waals surface area contributed by atoms with E-state index in [9.17, 15) is 0 Å². The van der Waals surface area contributed by atoms with E-state index < -0.39 is 0 Å². The van der Waals surface area contributed by atoms with Crippen molar-refractivity contribution in [3.8, 4) is 0 Å². The lowest BCUT2D eigenvalue weighted by Gasteiger charge is -2.16. The fraction of sp³-hybridized carbons (Fsp3) is 0.600. The Morgan fingerprint density at radius 1 is 1.06 bits per heavy atom. The number of hydrogen-bond donors (Lipinski definition) is 1. The average molecular weight is 217 g/mol. The van der Waals surface area contributed by atoms with E-state index in [2.05, 4.69) is 23.5 Å². The maximum Gasteiger partial charge on any atom is -0.00518 e. The van der Waals surface area contributed by atoms with Gasteiger partial charge in [0.1, 0.15) is 0 Å². The van der Waals surface area contributed by atoms with Crippen molar-refractivity contribution >= 4 is 0 Å². The molecule has 1 aromatic carbocycles. The van der Waals surface area contributed by atoms with Gasteiger partial charge in [-0.3, -0.25) is 0 Å². The first-order valence-electron chi connectivity index (χ1n) is 6.65. The molecule has 0 atom stereocenters. The Kier molecular flexibility index (Phi) is 4.41. The normalized spacial score (nSPS) is 14.8. The zero-order chi connectivity index (χ0) is 11.2. The minimum Gasteiger partial charge on any atom is -0.320 e. The lowest BCUT2D eigenvalue weighted by molar-refractivity contribution is 0.669. The van der Waals surface area contributed by atoms with Crippen LogP contribution < -0.4 is 5.32 Å². The molecule has 0 radical (unpaired) electrons. The standard InChI is InChI=1S/C15H23N/c1-16-11-5-4-6-13-9-10-14-7-2-3-8-15(14)12-13/h9-10,12,16H,2-8,11H2,1H3. The molecule has 0 fully saturated rings. The zero-order valence-corrected chi connectivity index (χ0v) is 10.4. The second kappa shape index (κ2) is 6.05. The summed E-state index contributed by atoms with van der Waals surface area (Å²) in [5.74, 6) is 0. The Balaban J connectivity index is 1.90. The highest BCUT2D eigenvalue weighted by Gasteiger charge is 2.08. The highest BCUT2D eigenvalue weighted by atomic mass is 14.8. The smallest absolute Gasteiger partial charge is 0.00518 e. The van der Waals surface area contributed by atoms with Crippen LogP contribution in [-0.4, -0.2) is 13.6 Å². The summed E-state index contributed by atoms with van der Waals surface area (Å²) in [6, 6.07) is 7.15. The molecule has 88 valence electrons. The molecule has 1 aliphatic rings. The van der Waals surface area contributed by atoms with E-state index in [0.717, 1.165) is 6.54 Å². The molecule has 2 rings (SSSR count). The molecule has 0 heterocycles. The van der Waals surface area contributed by atoms with Gasteiger partial charge in [-0.25, -0.2) is 0 Å². The SMILES string of the molecule is CNCCCCc1ccc2c(c1)CCCC2. The van der Waals surface area contributed by atoms with Gasteiger partial charge in [0, 0.05) is 0 Å². The number of aryl methyl sites for hydroxylation is 3. The van der Waals surface area contributed by atoms with Gasteiger partial charge in [-0.05, 0) is 75.2 Å². The Labute approximate surface area is 99.3 Å². The lowest BCUT2D eigenvalue weighted by Crippen LogP contribution is -2.07. The van der Waals surface area contributed by atoms with Crippen molar-refractivity contribution in [1.29, 1.82) is 0 Å². The van der Waals surface area contributed by atoms with Crippen molar-refractivity contribution in [1.82, 2.24) is 5.32 Å². The van der Waals surface area contributed by atoms with E-state index in [1.807, 2.05) is 7.05 Å². The first-order valence-corrected chi connectivity index (χ1v) is 6.65. The van der Waals surface area contributed by atoms with Crippen LogP contribution in [0, 0.1) is 0 Å². The molecule has 16 heavy (non-hydrogen) atoms. The van der Waals surface area contributed by atoms with E-state index in [-0.39, 0.29) is 0 Å². The zero-order valence-electron chi connectivity index (χ0n) is 10.4. The summed E-state index contributed by atoms with van der Waals surface area (Å²) in [7, 11) is 2.03. The summed E-state index contributed by atoms with van der Waals surface area (Å²) >= 11 is 0. The number of fused-ring (bicyclic) bond motifs is 1. The molecule has 0 saturated carbocycles. The fourth-order valence-corrected chi connectivity index (χ4v) is 2.57. The van der Waals surface area contributed by atoms with Crippen LogP contribution in [0.5, 0.6) is 0 Å². The summed E-state index contributed by atoms with van der Waals surface area (Å²) in [5, 5.41) is 3.20. The largest absolute Gasteiger partial charge is 0.320 e. The number of benzene rings is 1. The third kappa shape index (κ3) is 3.08. The Hall–Kier alpha value is -0.820. The number of unbranched alkanes of at least 4 members (excludes halogenated alkanes) is 1. The second-order valence-electron chi connectivity index (χ2n) is 4.87.